The fourth-order valence-electron chi connectivity index (χ4n) is 3.46. The summed E-state index contributed by atoms with van der Waals surface area (Å²) in [6.45, 7) is 4.70. The lowest BCUT2D eigenvalue weighted by Crippen LogP contribution is -2.31. The molecule has 2 aromatic heterocycles. The smallest absolute Gasteiger partial charge is 0.412 e. The maximum absolute atomic E-state index is 12.9. The van der Waals surface area contributed by atoms with E-state index in [-0.39, 0.29) is 5.56 Å². The summed E-state index contributed by atoms with van der Waals surface area (Å²) in [6.07, 6.45) is 2.78. The fraction of sp³-hybridized carbons (Fsp3) is 0.280. The van der Waals surface area contributed by atoms with E-state index in [0.717, 1.165) is 0 Å². The molecule has 0 spiro atoms. The highest BCUT2D eigenvalue weighted by atomic mass is 16.6. The van der Waals surface area contributed by atoms with E-state index in [2.05, 4.69) is 10.4 Å². The standard InChI is InChI=1S/C25H25N3O7/c1-25(2,3)35-24(31)26-17-8-4-7-16(13-17)23(30)34-15-22(29)28-19(21-10-6-12-33-21)14-18(27-28)20-9-5-11-32-20/h4-13,19H,14-15H2,1-3H3,(H,26,31). The summed E-state index contributed by atoms with van der Waals surface area (Å²) in [6, 6.07) is 12.6. The van der Waals surface area contributed by atoms with Crippen molar-refractivity contribution in [2.75, 3.05) is 11.9 Å². The van der Waals surface area contributed by atoms with Gasteiger partial charge >= 0.3 is 12.1 Å². The second kappa shape index (κ2) is 9.88. The number of furan rings is 2. The molecule has 10 heteroatoms. The Morgan fingerprint density at radius 1 is 1.09 bits per heavy atom. The van der Waals surface area contributed by atoms with Crippen LogP contribution in [0.2, 0.25) is 0 Å². The van der Waals surface area contributed by atoms with Crippen LogP contribution in [0.4, 0.5) is 10.5 Å². The van der Waals surface area contributed by atoms with Gasteiger partial charge in [0.05, 0.1) is 18.1 Å². The summed E-state index contributed by atoms with van der Waals surface area (Å²) in [5.41, 5.74) is 0.431. The van der Waals surface area contributed by atoms with E-state index in [1.165, 1.54) is 29.7 Å². The third-order valence-electron chi connectivity index (χ3n) is 4.91. The Kier molecular flexibility index (Phi) is 6.72. The lowest BCUT2D eigenvalue weighted by atomic mass is 10.1. The van der Waals surface area contributed by atoms with Crippen LogP contribution in [-0.2, 0) is 14.3 Å². The second-order valence-electron chi connectivity index (χ2n) is 8.78. The van der Waals surface area contributed by atoms with Gasteiger partial charge in [-0.25, -0.2) is 14.6 Å². The van der Waals surface area contributed by atoms with Gasteiger partial charge in [0.15, 0.2) is 6.61 Å². The number of carbonyl (C=O) groups excluding carboxylic acids is 3. The number of carbonyl (C=O) groups is 3. The van der Waals surface area contributed by atoms with Crippen LogP contribution in [0.5, 0.6) is 0 Å². The molecule has 1 unspecified atom stereocenters. The number of nitrogens with one attached hydrogen (secondary N) is 1. The van der Waals surface area contributed by atoms with Gasteiger partial charge in [-0.15, -0.1) is 0 Å². The van der Waals surface area contributed by atoms with E-state index in [4.69, 9.17) is 18.3 Å². The minimum absolute atomic E-state index is 0.162. The van der Waals surface area contributed by atoms with Gasteiger partial charge in [-0.1, -0.05) is 6.07 Å². The molecule has 3 aromatic rings. The topological polar surface area (TPSA) is 124 Å². The Balaban J connectivity index is 1.41. The van der Waals surface area contributed by atoms with E-state index in [0.29, 0.717) is 29.3 Å². The van der Waals surface area contributed by atoms with Crippen LogP contribution in [0.15, 0.2) is 75.0 Å². The van der Waals surface area contributed by atoms with Crippen LogP contribution in [0.25, 0.3) is 0 Å². The number of amides is 2. The largest absolute Gasteiger partial charge is 0.467 e. The molecule has 0 radical (unpaired) electrons. The van der Waals surface area contributed by atoms with Crippen LogP contribution < -0.4 is 5.32 Å². The van der Waals surface area contributed by atoms with Gasteiger partial charge in [-0.3, -0.25) is 10.1 Å². The molecule has 35 heavy (non-hydrogen) atoms. The highest BCUT2D eigenvalue weighted by Gasteiger charge is 2.36. The monoisotopic (exact) mass is 479 g/mol. The molecule has 4 rings (SSSR count). The van der Waals surface area contributed by atoms with Gasteiger partial charge < -0.3 is 18.3 Å². The summed E-state index contributed by atoms with van der Waals surface area (Å²) < 4.78 is 21.3. The Morgan fingerprint density at radius 2 is 1.86 bits per heavy atom. The number of anilines is 1. The number of benzene rings is 1. The van der Waals surface area contributed by atoms with Crippen molar-refractivity contribution >= 4 is 29.4 Å². The highest BCUT2D eigenvalue weighted by Crippen LogP contribution is 2.33. The number of hydrazone groups is 1. The second-order valence-corrected chi connectivity index (χ2v) is 8.78. The molecule has 0 saturated carbocycles. The molecule has 1 aromatic carbocycles. The van der Waals surface area contributed by atoms with Crippen molar-refractivity contribution < 1.29 is 32.7 Å². The van der Waals surface area contributed by atoms with Gasteiger partial charge in [-0.05, 0) is 63.2 Å². The molecule has 0 saturated heterocycles. The van der Waals surface area contributed by atoms with Gasteiger partial charge in [0.1, 0.15) is 28.9 Å². The average molecular weight is 479 g/mol. The van der Waals surface area contributed by atoms with E-state index >= 15 is 0 Å². The van der Waals surface area contributed by atoms with Crippen molar-refractivity contribution in [1.82, 2.24) is 5.01 Å². The molecule has 10 nitrogen and oxygen atoms in total. The number of esters is 1. The fourth-order valence-corrected chi connectivity index (χ4v) is 3.46. The molecular formula is C25H25N3O7. The van der Waals surface area contributed by atoms with Crippen molar-refractivity contribution in [1.29, 1.82) is 0 Å². The first-order chi connectivity index (χ1) is 16.7. The van der Waals surface area contributed by atoms with E-state index in [1.807, 2.05) is 0 Å². The minimum atomic E-state index is -0.727. The molecular weight excluding hydrogens is 454 g/mol. The summed E-state index contributed by atoms with van der Waals surface area (Å²) in [5, 5.41) is 8.19. The molecule has 3 heterocycles. The van der Waals surface area contributed by atoms with E-state index in [1.54, 1.807) is 57.2 Å². The van der Waals surface area contributed by atoms with E-state index in [9.17, 15) is 14.4 Å². The normalized spacial score (nSPS) is 15.5. The Morgan fingerprint density at radius 3 is 2.54 bits per heavy atom. The van der Waals surface area contributed by atoms with Gasteiger partial charge in [-0.2, -0.15) is 5.10 Å². The summed E-state index contributed by atoms with van der Waals surface area (Å²) in [4.78, 5) is 37.5. The van der Waals surface area contributed by atoms with Crippen molar-refractivity contribution in [3.63, 3.8) is 0 Å². The van der Waals surface area contributed by atoms with E-state index < -0.39 is 36.2 Å². The number of hydrogen-bond donors (Lipinski definition) is 1. The third kappa shape index (κ3) is 5.97. The first-order valence-corrected chi connectivity index (χ1v) is 10.9. The summed E-state index contributed by atoms with van der Waals surface area (Å²) in [5.74, 6) is -0.154. The molecule has 1 N–H and O–H groups in total. The Bertz CT molecular complexity index is 1220. The van der Waals surface area contributed by atoms with Crippen molar-refractivity contribution in [3.8, 4) is 0 Å². The lowest BCUT2D eigenvalue weighted by Gasteiger charge is -2.20. The van der Waals surface area contributed by atoms with Gasteiger partial charge in [0.25, 0.3) is 5.91 Å². The predicted octanol–water partition coefficient (Wildman–Crippen LogP) is 4.75. The molecule has 1 aliphatic heterocycles. The minimum Gasteiger partial charge on any atom is -0.467 e. The van der Waals surface area contributed by atoms with Crippen LogP contribution in [-0.4, -0.2) is 40.9 Å². The highest BCUT2D eigenvalue weighted by molar-refractivity contribution is 6.01. The molecule has 2 amide bonds. The quantitative estimate of drug-likeness (QED) is 0.506. The first kappa shape index (κ1) is 23.8. The molecule has 1 atom stereocenters. The van der Waals surface area contributed by atoms with Gasteiger partial charge in [0, 0.05) is 12.1 Å². The van der Waals surface area contributed by atoms with Crippen molar-refractivity contribution in [2.24, 2.45) is 5.10 Å². The van der Waals surface area contributed by atoms with Crippen molar-refractivity contribution in [3.05, 3.63) is 78.1 Å². The zero-order valence-electron chi connectivity index (χ0n) is 19.5. The third-order valence-corrected chi connectivity index (χ3v) is 4.91. The zero-order chi connectivity index (χ0) is 25.0. The first-order valence-electron chi connectivity index (χ1n) is 10.9. The molecule has 182 valence electrons. The Labute approximate surface area is 201 Å². The number of rotatable bonds is 6. The number of ether oxygens (including phenoxy) is 2. The molecule has 0 aliphatic carbocycles. The van der Waals surface area contributed by atoms with Crippen LogP contribution in [0.1, 0.15) is 55.1 Å². The molecule has 1 aliphatic rings. The summed E-state index contributed by atoms with van der Waals surface area (Å²) in [7, 11) is 0. The SMILES string of the molecule is CC(C)(C)OC(=O)Nc1cccc(C(=O)OCC(=O)N2N=C(c3ccco3)CC2c2ccco2)c1. The van der Waals surface area contributed by atoms with Gasteiger partial charge in [0.2, 0.25) is 0 Å². The maximum atomic E-state index is 12.9. The predicted molar refractivity (Wildman–Crippen MR) is 125 cm³/mol. The lowest BCUT2D eigenvalue weighted by molar-refractivity contribution is -0.136. The Hall–Kier alpha value is -4.34. The van der Waals surface area contributed by atoms with Crippen molar-refractivity contribution in [2.45, 2.75) is 38.8 Å². The molecule has 0 fully saturated rings. The number of hydrogen-bond acceptors (Lipinski definition) is 8. The number of nitrogens with zero attached hydrogens (tertiary/aromatic N) is 2. The van der Waals surface area contributed by atoms with Crippen LogP contribution in [0, 0.1) is 0 Å². The zero-order valence-corrected chi connectivity index (χ0v) is 19.5. The molecule has 0 bridgehead atoms. The average Bonchev–Trinajstić information content (AvgIpc) is 3.56. The maximum Gasteiger partial charge on any atom is 0.412 e. The van der Waals surface area contributed by atoms with Crippen LogP contribution >= 0.6 is 0 Å². The van der Waals surface area contributed by atoms with Crippen LogP contribution in [0.3, 0.4) is 0 Å². The summed E-state index contributed by atoms with van der Waals surface area (Å²) >= 11 is 0.